The first kappa shape index (κ1) is 14.2. The molecule has 1 unspecified atom stereocenters. The van der Waals surface area contributed by atoms with E-state index in [4.69, 9.17) is 0 Å². The molecular formula is C16H27N. The van der Waals surface area contributed by atoms with Crippen molar-refractivity contribution in [2.75, 3.05) is 7.05 Å². The Labute approximate surface area is 107 Å². The van der Waals surface area contributed by atoms with E-state index >= 15 is 0 Å². The van der Waals surface area contributed by atoms with Crippen LogP contribution in [0, 0.1) is 20.8 Å². The lowest BCUT2D eigenvalue weighted by Crippen LogP contribution is -2.25. The van der Waals surface area contributed by atoms with Crippen LogP contribution >= 0.6 is 0 Å². The molecule has 0 heterocycles. The summed E-state index contributed by atoms with van der Waals surface area (Å²) < 4.78 is 0. The molecule has 0 bridgehead atoms. The van der Waals surface area contributed by atoms with Crippen LogP contribution in [0.1, 0.15) is 48.4 Å². The third-order valence-corrected chi connectivity index (χ3v) is 3.63. The lowest BCUT2D eigenvalue weighted by molar-refractivity contribution is 0.483. The fourth-order valence-electron chi connectivity index (χ4n) is 2.70. The summed E-state index contributed by atoms with van der Waals surface area (Å²) in [6.07, 6.45) is 4.98. The number of nitrogens with one attached hydrogen (secondary N) is 1. The van der Waals surface area contributed by atoms with E-state index in [0.717, 1.165) is 0 Å². The van der Waals surface area contributed by atoms with Gasteiger partial charge in [0.1, 0.15) is 0 Å². The van der Waals surface area contributed by atoms with E-state index in [1.165, 1.54) is 42.4 Å². The molecule has 1 atom stereocenters. The zero-order chi connectivity index (χ0) is 12.8. The van der Waals surface area contributed by atoms with Crippen molar-refractivity contribution in [3.8, 4) is 0 Å². The maximum Gasteiger partial charge on any atom is 0.00671 e. The Kier molecular flexibility index (Phi) is 5.70. The molecule has 1 aromatic rings. The summed E-state index contributed by atoms with van der Waals surface area (Å²) in [5, 5.41) is 3.42. The van der Waals surface area contributed by atoms with Crippen LogP contribution in [0.3, 0.4) is 0 Å². The molecule has 0 aliphatic carbocycles. The molecule has 0 aliphatic rings. The van der Waals surface area contributed by atoms with Gasteiger partial charge < -0.3 is 5.32 Å². The Morgan fingerprint density at radius 1 is 1.06 bits per heavy atom. The van der Waals surface area contributed by atoms with Crippen LogP contribution < -0.4 is 5.32 Å². The van der Waals surface area contributed by atoms with Gasteiger partial charge in [0.15, 0.2) is 0 Å². The highest BCUT2D eigenvalue weighted by molar-refractivity contribution is 5.37. The molecule has 1 nitrogen and oxygen atoms in total. The topological polar surface area (TPSA) is 12.0 Å². The average molecular weight is 233 g/mol. The van der Waals surface area contributed by atoms with Crippen molar-refractivity contribution in [1.29, 1.82) is 0 Å². The molecule has 0 saturated carbocycles. The summed E-state index contributed by atoms with van der Waals surface area (Å²) in [7, 11) is 2.08. The van der Waals surface area contributed by atoms with E-state index in [-0.39, 0.29) is 0 Å². The van der Waals surface area contributed by atoms with Gasteiger partial charge in [-0.1, -0.05) is 31.0 Å². The largest absolute Gasteiger partial charge is 0.317 e. The molecule has 0 fully saturated rings. The molecule has 96 valence electrons. The standard InChI is InChI=1S/C16H27N/c1-6-7-15(17-5)8-9-16-13(3)10-12(2)11-14(16)4/h10-11,15,17H,6-9H2,1-5H3. The summed E-state index contributed by atoms with van der Waals surface area (Å²) in [6, 6.07) is 5.27. The highest BCUT2D eigenvalue weighted by Crippen LogP contribution is 2.19. The van der Waals surface area contributed by atoms with Crippen LogP contribution in [0.15, 0.2) is 12.1 Å². The van der Waals surface area contributed by atoms with Crippen LogP contribution in [0.2, 0.25) is 0 Å². The van der Waals surface area contributed by atoms with Crippen LogP contribution in [0.5, 0.6) is 0 Å². The van der Waals surface area contributed by atoms with Gasteiger partial charge in [0, 0.05) is 6.04 Å². The van der Waals surface area contributed by atoms with Crippen molar-refractivity contribution in [3.05, 3.63) is 34.4 Å². The Bertz CT molecular complexity index is 332. The number of hydrogen-bond acceptors (Lipinski definition) is 1. The quantitative estimate of drug-likeness (QED) is 0.785. The fourth-order valence-corrected chi connectivity index (χ4v) is 2.70. The number of rotatable bonds is 6. The van der Waals surface area contributed by atoms with Crippen molar-refractivity contribution in [3.63, 3.8) is 0 Å². The Balaban J connectivity index is 2.68. The third kappa shape index (κ3) is 4.16. The maximum absolute atomic E-state index is 3.42. The van der Waals surface area contributed by atoms with Gasteiger partial charge in [0.25, 0.3) is 0 Å². The van der Waals surface area contributed by atoms with Crippen molar-refractivity contribution in [2.45, 2.75) is 59.4 Å². The molecule has 0 spiro atoms. The van der Waals surface area contributed by atoms with E-state index in [9.17, 15) is 0 Å². The number of aryl methyl sites for hydroxylation is 3. The summed E-state index contributed by atoms with van der Waals surface area (Å²) in [4.78, 5) is 0. The minimum absolute atomic E-state index is 0.667. The van der Waals surface area contributed by atoms with E-state index in [0.29, 0.717) is 6.04 Å². The lowest BCUT2D eigenvalue weighted by Gasteiger charge is -2.17. The van der Waals surface area contributed by atoms with Gasteiger partial charge >= 0.3 is 0 Å². The van der Waals surface area contributed by atoms with E-state index in [1.807, 2.05) is 0 Å². The zero-order valence-corrected chi connectivity index (χ0v) is 12.1. The van der Waals surface area contributed by atoms with Crippen molar-refractivity contribution < 1.29 is 0 Å². The maximum atomic E-state index is 3.42. The summed E-state index contributed by atoms with van der Waals surface area (Å²) in [5.74, 6) is 0. The first-order chi connectivity index (χ1) is 8.08. The number of benzene rings is 1. The highest BCUT2D eigenvalue weighted by atomic mass is 14.9. The van der Waals surface area contributed by atoms with E-state index in [1.54, 1.807) is 5.56 Å². The third-order valence-electron chi connectivity index (χ3n) is 3.63. The highest BCUT2D eigenvalue weighted by Gasteiger charge is 2.08. The van der Waals surface area contributed by atoms with Crippen molar-refractivity contribution >= 4 is 0 Å². The first-order valence-corrected chi connectivity index (χ1v) is 6.82. The van der Waals surface area contributed by atoms with Crippen LogP contribution in [0.25, 0.3) is 0 Å². The van der Waals surface area contributed by atoms with Crippen LogP contribution in [-0.4, -0.2) is 13.1 Å². The minimum atomic E-state index is 0.667. The van der Waals surface area contributed by atoms with Crippen LogP contribution in [-0.2, 0) is 6.42 Å². The van der Waals surface area contributed by atoms with Gasteiger partial charge in [0.05, 0.1) is 0 Å². The van der Waals surface area contributed by atoms with Crippen molar-refractivity contribution in [1.82, 2.24) is 5.32 Å². The molecule has 1 heteroatoms. The van der Waals surface area contributed by atoms with Gasteiger partial charge in [-0.05, 0) is 63.8 Å². The second kappa shape index (κ2) is 6.80. The SMILES string of the molecule is CCCC(CCc1c(C)cc(C)cc1C)NC. The van der Waals surface area contributed by atoms with Gasteiger partial charge in [-0.3, -0.25) is 0 Å². The molecule has 0 aliphatic heterocycles. The normalized spacial score (nSPS) is 12.8. The fraction of sp³-hybridized carbons (Fsp3) is 0.625. The van der Waals surface area contributed by atoms with E-state index in [2.05, 4.69) is 52.2 Å². The predicted octanol–water partition coefficient (Wildman–Crippen LogP) is 3.93. The summed E-state index contributed by atoms with van der Waals surface area (Å²) >= 11 is 0. The summed E-state index contributed by atoms with van der Waals surface area (Å²) in [6.45, 7) is 8.91. The second-order valence-electron chi connectivity index (χ2n) is 5.19. The van der Waals surface area contributed by atoms with Crippen molar-refractivity contribution in [2.24, 2.45) is 0 Å². The Morgan fingerprint density at radius 2 is 1.65 bits per heavy atom. The Morgan fingerprint density at radius 3 is 2.12 bits per heavy atom. The first-order valence-electron chi connectivity index (χ1n) is 6.82. The van der Waals surface area contributed by atoms with E-state index < -0.39 is 0 Å². The zero-order valence-electron chi connectivity index (χ0n) is 12.1. The smallest absolute Gasteiger partial charge is 0.00671 e. The number of hydrogen-bond donors (Lipinski definition) is 1. The molecule has 0 saturated heterocycles. The predicted molar refractivity (Wildman–Crippen MR) is 76.7 cm³/mol. The van der Waals surface area contributed by atoms with Gasteiger partial charge in [-0.15, -0.1) is 0 Å². The molecule has 0 amide bonds. The Hall–Kier alpha value is -0.820. The monoisotopic (exact) mass is 233 g/mol. The molecule has 0 aromatic heterocycles. The van der Waals surface area contributed by atoms with Gasteiger partial charge in [-0.2, -0.15) is 0 Å². The van der Waals surface area contributed by atoms with Gasteiger partial charge in [0.2, 0.25) is 0 Å². The molecule has 1 N–H and O–H groups in total. The second-order valence-corrected chi connectivity index (χ2v) is 5.19. The average Bonchev–Trinajstić information content (AvgIpc) is 2.26. The molecular weight excluding hydrogens is 206 g/mol. The molecule has 1 rings (SSSR count). The molecule has 0 radical (unpaired) electrons. The van der Waals surface area contributed by atoms with Crippen LogP contribution in [0.4, 0.5) is 0 Å². The minimum Gasteiger partial charge on any atom is -0.317 e. The summed E-state index contributed by atoms with van der Waals surface area (Å²) in [5.41, 5.74) is 5.83. The lowest BCUT2D eigenvalue weighted by atomic mass is 9.94. The molecule has 1 aromatic carbocycles. The van der Waals surface area contributed by atoms with Gasteiger partial charge in [-0.25, -0.2) is 0 Å². The molecule has 17 heavy (non-hydrogen) atoms.